The van der Waals surface area contributed by atoms with Gasteiger partial charge in [0.2, 0.25) is 5.91 Å². The average Bonchev–Trinajstić information content (AvgIpc) is 1.73. The first-order chi connectivity index (χ1) is 47.4. The van der Waals surface area contributed by atoms with Crippen LogP contribution in [0.3, 0.4) is 0 Å². The number of amides is 15. The summed E-state index contributed by atoms with van der Waals surface area (Å²) in [5, 5.41) is 46.1. The largest absolute Gasteiger partial charge is 0.370 e. The van der Waals surface area contributed by atoms with E-state index in [-0.39, 0.29) is 106 Å². The Morgan fingerprint density at radius 2 is 0.788 bits per heavy atom. The Bertz CT molecular complexity index is 3100. The maximum Gasteiger partial charge on any atom is 0.315 e. The molecule has 31 heteroatoms. The summed E-state index contributed by atoms with van der Waals surface area (Å²) in [5.74, 6) is -0.0744. The second kappa shape index (κ2) is 45.6. The SMILES string of the molecule is CC(C)NC(=O)N[C@H](CN=C(N)N[C@@H](CCCCN)CCC(=O)N[C@H](CNC(=O)N[C@H](CNC(=O)N[C@@H](CCCCN)CNC(=O)N[C@H](CNC(=O)N[C@@H](CCCCN)CNC(=O)N[C@H](CNC(N)=O)C(C)C)Cc1c[nH]c2ccccc12)C(C)C)Cc1c[nH]c2ccccc12)C(C)C. The molecule has 0 aliphatic carbocycles. The Kier molecular flexibility index (Phi) is 38.0. The number of aliphatic imine (C=N–C) groups is 1. The van der Waals surface area contributed by atoms with Crippen molar-refractivity contribution in [3.05, 3.63) is 72.1 Å². The Balaban J connectivity index is 1.38. The van der Waals surface area contributed by atoms with Crippen LogP contribution in [0.15, 0.2) is 65.9 Å². The molecule has 15 amide bonds. The minimum Gasteiger partial charge on any atom is -0.370 e. The van der Waals surface area contributed by atoms with Gasteiger partial charge in [-0.15, -0.1) is 0 Å². The van der Waals surface area contributed by atoms with Crippen molar-refractivity contribution in [1.82, 2.24) is 89.7 Å². The molecule has 0 aliphatic rings. The average molecular weight is 1390 g/mol. The molecule has 4 aromatic rings. The fraction of sp³-hybridized carbons (Fsp3) is 0.632. The van der Waals surface area contributed by atoms with E-state index in [1.54, 1.807) is 0 Å². The van der Waals surface area contributed by atoms with Gasteiger partial charge >= 0.3 is 42.2 Å². The highest BCUT2D eigenvalue weighted by Crippen LogP contribution is 2.21. The third-order valence-electron chi connectivity index (χ3n) is 17.0. The van der Waals surface area contributed by atoms with Gasteiger partial charge in [0.25, 0.3) is 0 Å². The molecule has 0 radical (unpaired) electrons. The lowest BCUT2D eigenvalue weighted by Gasteiger charge is -2.26. The Labute approximate surface area is 583 Å². The summed E-state index contributed by atoms with van der Waals surface area (Å²) in [6.45, 7) is 17.5. The van der Waals surface area contributed by atoms with E-state index in [1.165, 1.54) is 0 Å². The smallest absolute Gasteiger partial charge is 0.315 e. The zero-order chi connectivity index (χ0) is 72.7. The number of hydrogen-bond acceptors (Lipinski definition) is 12. The standard InChI is InChI=1S/C68H119N23O8/c1-42(2)57(91-68(99)83-45(7)8)39-76-61(72)85-48(19-13-16-28-69)26-27-60(92)84-51(31-46-33-74-55-24-11-9-22-53(46)55)37-81-67(98)90-59(44(5)6)41-82-65(96)87-49(20-14-17-29-70)35-78-64(95)88-52(32-47-34-75-56-25-12-10-23-54(47)56)38-80-63(94)86-50(21-15-18-30-71)36-79-66(97)89-58(43(3)4)40-77-62(73)93/h9-12,22-25,33-34,42-45,48-52,57-59,74-75H,13-21,26-32,35-41,69-71H2,1-8H3,(H,84,92)(H3,72,76,85)(H3,73,77,93)(H2,78,88,95)(H2,79,89,97)(H2,80,86,94)(H2,81,90,98)(H2,82,87,96)(H2,83,91,99)/t48-,49-,50-,51-,52-,57+,58+,59+/m0/s1. The predicted molar refractivity (Wildman–Crippen MR) is 392 cm³/mol. The number of aromatic nitrogens is 2. The van der Waals surface area contributed by atoms with E-state index in [0.29, 0.717) is 83.8 Å². The topological polar surface area (TPSA) is 491 Å². The lowest BCUT2D eigenvalue weighted by atomic mass is 10.0. The van der Waals surface area contributed by atoms with E-state index in [4.69, 9.17) is 28.7 Å². The highest BCUT2D eigenvalue weighted by molar-refractivity contribution is 5.85. The minimum absolute atomic E-state index is 0.0167. The number of hydrogen-bond donors (Lipinski definition) is 22. The van der Waals surface area contributed by atoms with Crippen molar-refractivity contribution in [2.24, 2.45) is 51.4 Å². The van der Waals surface area contributed by atoms with Gasteiger partial charge in [0, 0.05) is 104 Å². The molecular formula is C68H119N23O8. The van der Waals surface area contributed by atoms with Crippen molar-refractivity contribution >= 4 is 75.9 Å². The van der Waals surface area contributed by atoms with Crippen LogP contribution < -0.4 is 108 Å². The van der Waals surface area contributed by atoms with Crippen molar-refractivity contribution < 1.29 is 38.4 Å². The van der Waals surface area contributed by atoms with Crippen molar-refractivity contribution in [2.75, 3.05) is 65.4 Å². The summed E-state index contributed by atoms with van der Waals surface area (Å²) in [6, 6.07) is 8.51. The fourth-order valence-corrected chi connectivity index (χ4v) is 11.1. The van der Waals surface area contributed by atoms with Crippen LogP contribution in [0.4, 0.5) is 33.6 Å². The molecule has 2 heterocycles. The molecule has 99 heavy (non-hydrogen) atoms. The number of aromatic amines is 2. The molecule has 0 fully saturated rings. The summed E-state index contributed by atoms with van der Waals surface area (Å²) < 4.78 is 0. The molecule has 31 nitrogen and oxygen atoms in total. The predicted octanol–water partition coefficient (Wildman–Crippen LogP) is 3.41. The summed E-state index contributed by atoms with van der Waals surface area (Å²) in [5.41, 5.74) is 32.9. The van der Waals surface area contributed by atoms with Gasteiger partial charge in [-0.2, -0.15) is 0 Å². The van der Waals surface area contributed by atoms with Gasteiger partial charge in [0.05, 0.1) is 36.8 Å². The molecule has 8 atom stereocenters. The van der Waals surface area contributed by atoms with Crippen LogP contribution in [0.1, 0.15) is 137 Å². The van der Waals surface area contributed by atoms with Gasteiger partial charge in [0.15, 0.2) is 5.96 Å². The normalized spacial score (nSPS) is 14.0. The number of carbonyl (C=O) groups excluding carboxylic acids is 8. The number of para-hydroxylation sites is 2. The summed E-state index contributed by atoms with van der Waals surface area (Å²) in [7, 11) is 0. The number of nitrogens with zero attached hydrogens (tertiary/aromatic N) is 1. The number of urea groups is 7. The molecule has 0 aliphatic heterocycles. The molecule has 27 N–H and O–H groups in total. The van der Waals surface area contributed by atoms with Gasteiger partial charge in [0.1, 0.15) is 0 Å². The highest BCUT2D eigenvalue weighted by Gasteiger charge is 2.26. The zero-order valence-corrected chi connectivity index (χ0v) is 59.6. The first-order valence-electron chi connectivity index (χ1n) is 35.2. The summed E-state index contributed by atoms with van der Waals surface area (Å²) in [4.78, 5) is 117. The quantitative estimate of drug-likeness (QED) is 0.0172. The highest BCUT2D eigenvalue weighted by atomic mass is 16.2. The number of carbonyl (C=O) groups is 8. The molecular weight excluding hydrogens is 1270 g/mol. The minimum atomic E-state index is -0.704. The number of rotatable bonds is 45. The number of H-pyrrole nitrogens is 2. The Morgan fingerprint density at radius 1 is 0.404 bits per heavy atom. The first-order valence-corrected chi connectivity index (χ1v) is 35.2. The molecule has 4 rings (SSSR count). The molecule has 0 saturated heterocycles. The van der Waals surface area contributed by atoms with Crippen molar-refractivity contribution in [3.63, 3.8) is 0 Å². The molecule has 2 aromatic heterocycles. The Morgan fingerprint density at radius 3 is 1.22 bits per heavy atom. The van der Waals surface area contributed by atoms with Crippen LogP contribution in [0.2, 0.25) is 0 Å². The second-order valence-electron chi connectivity index (χ2n) is 26.8. The van der Waals surface area contributed by atoms with E-state index in [0.717, 1.165) is 45.8 Å². The lowest BCUT2D eigenvalue weighted by molar-refractivity contribution is -0.122. The second-order valence-corrected chi connectivity index (χ2v) is 26.8. The van der Waals surface area contributed by atoms with Gasteiger partial charge in [-0.05, 0) is 132 Å². The molecule has 0 unspecified atom stereocenters. The van der Waals surface area contributed by atoms with Crippen molar-refractivity contribution in [2.45, 2.75) is 193 Å². The van der Waals surface area contributed by atoms with E-state index in [1.807, 2.05) is 116 Å². The van der Waals surface area contributed by atoms with Gasteiger partial charge in [-0.25, -0.2) is 33.6 Å². The molecule has 2 aromatic carbocycles. The van der Waals surface area contributed by atoms with E-state index >= 15 is 0 Å². The molecule has 0 saturated carbocycles. The van der Waals surface area contributed by atoms with Gasteiger partial charge in [-0.1, -0.05) is 97.2 Å². The number of primary amides is 1. The molecule has 0 spiro atoms. The third kappa shape index (κ3) is 33.4. The number of nitrogens with two attached hydrogens (primary N) is 5. The van der Waals surface area contributed by atoms with Crippen LogP contribution in [0.25, 0.3) is 21.8 Å². The van der Waals surface area contributed by atoms with E-state index in [9.17, 15) is 38.4 Å². The maximum absolute atomic E-state index is 13.9. The number of unbranched alkanes of at least 4 members (excludes halogenated alkanes) is 3. The number of benzene rings is 2. The zero-order valence-electron chi connectivity index (χ0n) is 59.6. The summed E-state index contributed by atoms with van der Waals surface area (Å²) in [6.07, 6.45) is 11.1. The monoisotopic (exact) mass is 1390 g/mol. The van der Waals surface area contributed by atoms with E-state index < -0.39 is 72.4 Å². The van der Waals surface area contributed by atoms with E-state index in [2.05, 4.69) is 94.7 Å². The molecule has 554 valence electrons. The fourth-order valence-electron chi connectivity index (χ4n) is 11.1. The summed E-state index contributed by atoms with van der Waals surface area (Å²) >= 11 is 0. The number of fused-ring (bicyclic) bond motifs is 2. The van der Waals surface area contributed by atoms with Crippen molar-refractivity contribution in [1.29, 1.82) is 0 Å². The number of guanidine groups is 1. The lowest BCUT2D eigenvalue weighted by Crippen LogP contribution is -2.56. The first kappa shape index (κ1) is 82.5. The third-order valence-corrected chi connectivity index (χ3v) is 17.0. The molecule has 0 bridgehead atoms. The van der Waals surface area contributed by atoms with Crippen LogP contribution in [0, 0.1) is 17.8 Å². The van der Waals surface area contributed by atoms with Gasteiger partial charge in [-0.3, -0.25) is 9.79 Å². The van der Waals surface area contributed by atoms with Crippen LogP contribution >= 0.6 is 0 Å². The van der Waals surface area contributed by atoms with Crippen LogP contribution in [-0.2, 0) is 17.6 Å². The maximum atomic E-state index is 13.9. The number of nitrogens with one attached hydrogen (secondary N) is 17. The Hall–Kier alpha value is -8.97. The van der Waals surface area contributed by atoms with Crippen LogP contribution in [0.5, 0.6) is 0 Å². The van der Waals surface area contributed by atoms with Crippen LogP contribution in [-0.4, -0.2) is 184 Å². The van der Waals surface area contributed by atoms with Crippen molar-refractivity contribution in [3.8, 4) is 0 Å². The van der Waals surface area contributed by atoms with Gasteiger partial charge < -0.3 is 118 Å².